The molecule has 158 valence electrons. The van der Waals surface area contributed by atoms with Crippen LogP contribution in [-0.4, -0.2) is 48.2 Å². The summed E-state index contributed by atoms with van der Waals surface area (Å²) in [6.45, 7) is 3.46. The fourth-order valence-electron chi connectivity index (χ4n) is 4.15. The van der Waals surface area contributed by atoms with Crippen molar-refractivity contribution in [2.75, 3.05) is 26.8 Å². The molecule has 1 aromatic carbocycles. The van der Waals surface area contributed by atoms with Gasteiger partial charge in [0.2, 0.25) is 5.91 Å². The fraction of sp³-hybridized carbons (Fsp3) is 0.542. The lowest BCUT2D eigenvalue weighted by molar-refractivity contribution is -0.134. The zero-order valence-corrected chi connectivity index (χ0v) is 17.7. The van der Waals surface area contributed by atoms with Crippen LogP contribution in [0.1, 0.15) is 49.8 Å². The second kappa shape index (κ2) is 11.8. The first kappa shape index (κ1) is 21.6. The van der Waals surface area contributed by atoms with Crippen LogP contribution >= 0.6 is 0 Å². The summed E-state index contributed by atoms with van der Waals surface area (Å²) < 4.78 is 7.35. The minimum Gasteiger partial charge on any atom is -0.385 e. The largest absolute Gasteiger partial charge is 0.385 e. The number of benzene rings is 1. The van der Waals surface area contributed by atoms with Crippen LogP contribution in [0.4, 0.5) is 0 Å². The number of hydrogen-bond acceptors (Lipinski definition) is 3. The van der Waals surface area contributed by atoms with Crippen LogP contribution in [0.25, 0.3) is 0 Å². The van der Waals surface area contributed by atoms with Crippen LogP contribution in [0.3, 0.4) is 0 Å². The summed E-state index contributed by atoms with van der Waals surface area (Å²) in [4.78, 5) is 15.2. The summed E-state index contributed by atoms with van der Waals surface area (Å²) >= 11 is 0. The molecule has 1 aliphatic carbocycles. The SMILES string of the molecule is COCCCNCC(=O)N(Cc1cccn1Cc1ccccc1)C1CCCCC1. The van der Waals surface area contributed by atoms with Crippen LogP contribution in [0, 0.1) is 0 Å². The van der Waals surface area contributed by atoms with Gasteiger partial charge in [-0.3, -0.25) is 4.79 Å². The van der Waals surface area contributed by atoms with Gasteiger partial charge in [0, 0.05) is 38.2 Å². The molecule has 2 aromatic rings. The second-order valence-electron chi connectivity index (χ2n) is 7.95. The van der Waals surface area contributed by atoms with Crippen molar-refractivity contribution in [3.05, 3.63) is 59.9 Å². The standard InChI is InChI=1S/C24H35N3O2/c1-29-17-9-15-25-18-24(28)27(22-12-6-3-7-13-22)20-23-14-8-16-26(23)19-21-10-4-2-5-11-21/h2,4-5,8,10-11,14,16,22,25H,3,6-7,9,12-13,15,17-20H2,1H3. The molecule has 0 atom stereocenters. The minimum absolute atomic E-state index is 0.210. The number of nitrogens with one attached hydrogen (secondary N) is 1. The van der Waals surface area contributed by atoms with Crippen LogP contribution in [0.2, 0.25) is 0 Å². The van der Waals surface area contributed by atoms with Gasteiger partial charge in [-0.1, -0.05) is 49.6 Å². The van der Waals surface area contributed by atoms with Crippen molar-refractivity contribution in [2.45, 2.75) is 57.7 Å². The molecule has 1 saturated carbocycles. The van der Waals surface area contributed by atoms with E-state index in [1.165, 1.54) is 30.5 Å². The first-order chi connectivity index (χ1) is 14.3. The molecule has 0 radical (unpaired) electrons. The van der Waals surface area contributed by atoms with Gasteiger partial charge >= 0.3 is 0 Å². The number of carbonyl (C=O) groups is 1. The summed E-state index contributed by atoms with van der Waals surface area (Å²) in [6, 6.07) is 15.1. The van der Waals surface area contributed by atoms with Gasteiger partial charge in [0.15, 0.2) is 0 Å². The summed E-state index contributed by atoms with van der Waals surface area (Å²) in [5.74, 6) is 0.210. The lowest BCUT2D eigenvalue weighted by Gasteiger charge is -2.35. The topological polar surface area (TPSA) is 46.5 Å². The Hall–Kier alpha value is -2.11. The van der Waals surface area contributed by atoms with Gasteiger partial charge in [-0.15, -0.1) is 0 Å². The summed E-state index contributed by atoms with van der Waals surface area (Å²) in [6.07, 6.45) is 9.02. The van der Waals surface area contributed by atoms with Gasteiger partial charge in [-0.2, -0.15) is 0 Å². The van der Waals surface area contributed by atoms with E-state index in [1.54, 1.807) is 7.11 Å². The van der Waals surface area contributed by atoms with Gasteiger partial charge in [0.05, 0.1) is 13.1 Å². The highest BCUT2D eigenvalue weighted by atomic mass is 16.5. The molecule has 1 aromatic heterocycles. The monoisotopic (exact) mass is 397 g/mol. The predicted octanol–water partition coefficient (Wildman–Crippen LogP) is 3.82. The molecule has 3 rings (SSSR count). The molecule has 0 unspecified atom stereocenters. The first-order valence-electron chi connectivity index (χ1n) is 10.9. The van der Waals surface area contributed by atoms with Crippen molar-refractivity contribution in [1.82, 2.24) is 14.8 Å². The Kier molecular flexibility index (Phi) is 8.78. The molecule has 0 saturated heterocycles. The Morgan fingerprint density at radius 1 is 1.14 bits per heavy atom. The molecule has 1 amide bonds. The number of methoxy groups -OCH3 is 1. The van der Waals surface area contributed by atoms with Crippen LogP contribution in [-0.2, 0) is 22.6 Å². The van der Waals surface area contributed by atoms with Crippen LogP contribution in [0.5, 0.6) is 0 Å². The molecule has 5 nitrogen and oxygen atoms in total. The average Bonchev–Trinajstić information content (AvgIpc) is 3.19. The van der Waals surface area contributed by atoms with Gasteiger partial charge in [0.1, 0.15) is 0 Å². The van der Waals surface area contributed by atoms with Gasteiger partial charge < -0.3 is 19.5 Å². The number of ether oxygens (including phenoxy) is 1. The van der Waals surface area contributed by atoms with E-state index in [9.17, 15) is 4.79 Å². The van der Waals surface area contributed by atoms with Crippen LogP contribution in [0.15, 0.2) is 48.7 Å². The normalized spacial score (nSPS) is 14.8. The number of nitrogens with zero attached hydrogens (tertiary/aromatic N) is 2. The highest BCUT2D eigenvalue weighted by Gasteiger charge is 2.26. The van der Waals surface area contributed by atoms with E-state index in [1.807, 2.05) is 6.07 Å². The molecule has 1 aliphatic rings. The van der Waals surface area contributed by atoms with Gasteiger partial charge in [-0.05, 0) is 43.5 Å². The third-order valence-corrected chi connectivity index (χ3v) is 5.77. The fourth-order valence-corrected chi connectivity index (χ4v) is 4.15. The molecule has 1 heterocycles. The maximum Gasteiger partial charge on any atom is 0.237 e. The number of aromatic nitrogens is 1. The van der Waals surface area contributed by atoms with Crippen molar-refractivity contribution in [2.24, 2.45) is 0 Å². The lowest BCUT2D eigenvalue weighted by Crippen LogP contribution is -2.45. The van der Waals surface area contributed by atoms with E-state index in [2.05, 4.69) is 57.4 Å². The van der Waals surface area contributed by atoms with E-state index in [4.69, 9.17) is 4.74 Å². The zero-order valence-electron chi connectivity index (χ0n) is 17.7. The molecular weight excluding hydrogens is 362 g/mol. The van der Waals surface area contributed by atoms with E-state index >= 15 is 0 Å². The van der Waals surface area contributed by atoms with Gasteiger partial charge in [-0.25, -0.2) is 0 Å². The highest BCUT2D eigenvalue weighted by molar-refractivity contribution is 5.78. The number of carbonyl (C=O) groups excluding carboxylic acids is 1. The molecule has 29 heavy (non-hydrogen) atoms. The third kappa shape index (κ3) is 6.72. The molecule has 0 aliphatic heterocycles. The maximum absolute atomic E-state index is 13.1. The van der Waals surface area contributed by atoms with Crippen LogP contribution < -0.4 is 5.32 Å². The summed E-state index contributed by atoms with van der Waals surface area (Å²) in [5.41, 5.74) is 2.48. The Morgan fingerprint density at radius 2 is 1.93 bits per heavy atom. The Labute approximate surface area is 175 Å². The average molecular weight is 398 g/mol. The van der Waals surface area contributed by atoms with Gasteiger partial charge in [0.25, 0.3) is 0 Å². The van der Waals surface area contributed by atoms with E-state index in [-0.39, 0.29) is 5.91 Å². The Balaban J connectivity index is 1.65. The lowest BCUT2D eigenvalue weighted by atomic mass is 9.94. The zero-order chi connectivity index (χ0) is 20.3. The minimum atomic E-state index is 0.210. The van der Waals surface area contributed by atoms with E-state index in [0.717, 1.165) is 39.0 Å². The first-order valence-corrected chi connectivity index (χ1v) is 10.9. The molecule has 1 fully saturated rings. The predicted molar refractivity (Wildman–Crippen MR) is 117 cm³/mol. The number of rotatable bonds is 11. The van der Waals surface area contributed by atoms with Crippen molar-refractivity contribution in [3.63, 3.8) is 0 Å². The van der Waals surface area contributed by atoms with Crippen molar-refractivity contribution >= 4 is 5.91 Å². The molecule has 0 spiro atoms. The maximum atomic E-state index is 13.1. The molecule has 1 N–H and O–H groups in total. The third-order valence-electron chi connectivity index (χ3n) is 5.77. The molecule has 0 bridgehead atoms. The smallest absolute Gasteiger partial charge is 0.237 e. The van der Waals surface area contributed by atoms with E-state index < -0.39 is 0 Å². The van der Waals surface area contributed by atoms with E-state index in [0.29, 0.717) is 19.1 Å². The Bertz CT molecular complexity index is 723. The second-order valence-corrected chi connectivity index (χ2v) is 7.95. The van der Waals surface area contributed by atoms with Crippen molar-refractivity contribution in [3.8, 4) is 0 Å². The number of amides is 1. The number of hydrogen-bond donors (Lipinski definition) is 1. The highest BCUT2D eigenvalue weighted by Crippen LogP contribution is 2.24. The van der Waals surface area contributed by atoms with Crippen molar-refractivity contribution < 1.29 is 9.53 Å². The Morgan fingerprint density at radius 3 is 2.69 bits per heavy atom. The molecule has 5 heteroatoms. The quantitative estimate of drug-likeness (QED) is 0.586. The van der Waals surface area contributed by atoms with Crippen molar-refractivity contribution in [1.29, 1.82) is 0 Å². The summed E-state index contributed by atoms with van der Waals surface area (Å²) in [5, 5.41) is 3.30. The molecular formula is C24H35N3O2. The summed E-state index contributed by atoms with van der Waals surface area (Å²) in [7, 11) is 1.71.